The van der Waals surface area contributed by atoms with Gasteiger partial charge in [-0.25, -0.2) is 9.98 Å². The molecule has 0 aromatic carbocycles. The van der Waals surface area contributed by atoms with Gasteiger partial charge in [0.2, 0.25) is 0 Å². The molecule has 0 saturated carbocycles. The molecule has 1 fully saturated rings. The number of halogens is 1. The minimum atomic E-state index is 0. The number of thiophene rings is 1. The van der Waals surface area contributed by atoms with Crippen LogP contribution in [0.3, 0.4) is 0 Å². The zero-order valence-corrected chi connectivity index (χ0v) is 21.4. The van der Waals surface area contributed by atoms with Crippen molar-refractivity contribution in [2.24, 2.45) is 4.99 Å². The summed E-state index contributed by atoms with van der Waals surface area (Å²) in [6.45, 7) is 12.2. The Bertz CT molecular complexity index is 758. The van der Waals surface area contributed by atoms with E-state index in [4.69, 9.17) is 9.73 Å². The van der Waals surface area contributed by atoms with Crippen LogP contribution in [0.1, 0.15) is 40.3 Å². The van der Waals surface area contributed by atoms with Crippen LogP contribution in [-0.4, -0.2) is 55.2 Å². The highest BCUT2D eigenvalue weighted by Gasteiger charge is 2.24. The Hall–Kier alpha value is -0.750. The predicted octanol–water partition coefficient (Wildman–Crippen LogP) is 3.82. The van der Waals surface area contributed by atoms with Gasteiger partial charge < -0.3 is 15.4 Å². The van der Waals surface area contributed by atoms with Crippen molar-refractivity contribution in [3.05, 3.63) is 38.0 Å². The summed E-state index contributed by atoms with van der Waals surface area (Å²) in [6.07, 6.45) is 0.980. The summed E-state index contributed by atoms with van der Waals surface area (Å²) in [5, 5.41) is 10.2. The molecular weight excluding hydrogens is 517 g/mol. The molecule has 3 rings (SSSR count). The molecule has 0 spiro atoms. The third-order valence-electron chi connectivity index (χ3n) is 4.68. The van der Waals surface area contributed by atoms with E-state index in [0.717, 1.165) is 57.5 Å². The normalized spacial score (nSPS) is 16.3. The van der Waals surface area contributed by atoms with Gasteiger partial charge in [-0.05, 0) is 32.4 Å². The molecule has 9 heteroatoms. The molecule has 1 aliphatic rings. The summed E-state index contributed by atoms with van der Waals surface area (Å²) in [4.78, 5) is 14.6. The summed E-state index contributed by atoms with van der Waals surface area (Å²) in [5.74, 6) is 0.847. The molecule has 0 amide bonds. The summed E-state index contributed by atoms with van der Waals surface area (Å²) in [5.41, 5.74) is 1.04. The highest BCUT2D eigenvalue weighted by atomic mass is 127. The third-order valence-corrected chi connectivity index (χ3v) is 6.83. The molecule has 6 nitrogen and oxygen atoms in total. The highest BCUT2D eigenvalue weighted by molar-refractivity contribution is 14.0. The van der Waals surface area contributed by atoms with E-state index >= 15 is 0 Å². The number of thiazole rings is 1. The minimum absolute atomic E-state index is 0. The number of nitrogens with one attached hydrogen (secondary N) is 2. The summed E-state index contributed by atoms with van der Waals surface area (Å²) in [6, 6.07) is 4.80. The van der Waals surface area contributed by atoms with Crippen LogP contribution in [0.2, 0.25) is 0 Å². The van der Waals surface area contributed by atoms with Gasteiger partial charge >= 0.3 is 0 Å². The number of morpholine rings is 1. The molecule has 2 N–H and O–H groups in total. The maximum Gasteiger partial charge on any atom is 0.191 e. The van der Waals surface area contributed by atoms with Crippen LogP contribution >= 0.6 is 46.7 Å². The molecule has 162 valence electrons. The lowest BCUT2D eigenvalue weighted by Crippen LogP contribution is -2.46. The SMILES string of the molecule is CCNC(=NCc1csc(CC)n1)NCC(c1ccc(C)s1)N1CCOCC1.I. The van der Waals surface area contributed by atoms with Gasteiger partial charge in [0.05, 0.1) is 36.5 Å². The number of ether oxygens (including phenoxy) is 1. The lowest BCUT2D eigenvalue weighted by atomic mass is 10.2. The van der Waals surface area contributed by atoms with E-state index in [1.165, 1.54) is 14.8 Å². The van der Waals surface area contributed by atoms with E-state index in [2.05, 4.69) is 58.8 Å². The highest BCUT2D eigenvalue weighted by Crippen LogP contribution is 2.27. The number of hydrogen-bond acceptors (Lipinski definition) is 6. The Kier molecular flexibility index (Phi) is 10.9. The average molecular weight is 550 g/mol. The zero-order chi connectivity index (χ0) is 19.8. The maximum atomic E-state index is 5.55. The summed E-state index contributed by atoms with van der Waals surface area (Å²) in [7, 11) is 0. The van der Waals surface area contributed by atoms with Crippen LogP contribution in [0.15, 0.2) is 22.5 Å². The van der Waals surface area contributed by atoms with Crippen LogP contribution in [0.25, 0.3) is 0 Å². The molecule has 29 heavy (non-hydrogen) atoms. The van der Waals surface area contributed by atoms with Gasteiger partial charge in [0.15, 0.2) is 5.96 Å². The first-order valence-corrected chi connectivity index (χ1v) is 11.7. The molecule has 1 atom stereocenters. The Morgan fingerprint density at radius 1 is 1.28 bits per heavy atom. The van der Waals surface area contributed by atoms with Crippen LogP contribution in [0.4, 0.5) is 0 Å². The molecule has 0 radical (unpaired) electrons. The molecule has 1 aliphatic heterocycles. The van der Waals surface area contributed by atoms with E-state index in [1.807, 2.05) is 11.3 Å². The first-order chi connectivity index (χ1) is 13.7. The van der Waals surface area contributed by atoms with Crippen molar-refractivity contribution in [1.29, 1.82) is 0 Å². The van der Waals surface area contributed by atoms with Gasteiger partial charge in [0.1, 0.15) is 0 Å². The van der Waals surface area contributed by atoms with E-state index < -0.39 is 0 Å². The average Bonchev–Trinajstić information content (AvgIpc) is 3.36. The minimum Gasteiger partial charge on any atom is -0.379 e. The van der Waals surface area contributed by atoms with Gasteiger partial charge in [0.25, 0.3) is 0 Å². The van der Waals surface area contributed by atoms with Gasteiger partial charge in [-0.2, -0.15) is 0 Å². The van der Waals surface area contributed by atoms with Crippen molar-refractivity contribution in [3.8, 4) is 0 Å². The number of hydrogen-bond donors (Lipinski definition) is 2. The first-order valence-electron chi connectivity index (χ1n) is 10.0. The molecule has 2 aromatic rings. The van der Waals surface area contributed by atoms with Gasteiger partial charge in [0, 0.05) is 41.3 Å². The Labute approximate surface area is 199 Å². The smallest absolute Gasteiger partial charge is 0.191 e. The molecule has 3 heterocycles. The topological polar surface area (TPSA) is 61.8 Å². The Morgan fingerprint density at radius 3 is 2.69 bits per heavy atom. The number of aromatic nitrogens is 1. The van der Waals surface area contributed by atoms with Gasteiger partial charge in [-0.1, -0.05) is 6.92 Å². The van der Waals surface area contributed by atoms with Crippen molar-refractivity contribution >= 4 is 52.6 Å². The quantitative estimate of drug-likeness (QED) is 0.298. The maximum absolute atomic E-state index is 5.55. The predicted molar refractivity (Wildman–Crippen MR) is 134 cm³/mol. The lowest BCUT2D eigenvalue weighted by Gasteiger charge is -2.34. The number of nitrogens with zero attached hydrogens (tertiary/aromatic N) is 3. The van der Waals surface area contributed by atoms with Crippen LogP contribution in [-0.2, 0) is 17.7 Å². The van der Waals surface area contributed by atoms with Crippen LogP contribution < -0.4 is 10.6 Å². The lowest BCUT2D eigenvalue weighted by molar-refractivity contribution is 0.0177. The van der Waals surface area contributed by atoms with Gasteiger partial charge in [-0.3, -0.25) is 4.90 Å². The second-order valence-corrected chi connectivity index (χ2v) is 9.04. The van der Waals surface area contributed by atoms with Crippen LogP contribution in [0, 0.1) is 6.92 Å². The fraction of sp³-hybridized carbons (Fsp3) is 0.600. The van der Waals surface area contributed by atoms with Crippen molar-refractivity contribution in [2.45, 2.75) is 39.8 Å². The van der Waals surface area contributed by atoms with Crippen molar-refractivity contribution in [2.75, 3.05) is 39.4 Å². The van der Waals surface area contributed by atoms with Gasteiger partial charge in [-0.15, -0.1) is 46.7 Å². The zero-order valence-electron chi connectivity index (χ0n) is 17.4. The number of aliphatic imine (C=N–C) groups is 1. The number of guanidine groups is 1. The third kappa shape index (κ3) is 7.46. The second-order valence-electron chi connectivity index (χ2n) is 6.77. The molecular formula is C20H32IN5OS2. The van der Waals surface area contributed by atoms with Crippen molar-refractivity contribution < 1.29 is 4.74 Å². The van der Waals surface area contributed by atoms with E-state index in [0.29, 0.717) is 12.6 Å². The van der Waals surface area contributed by atoms with E-state index in [9.17, 15) is 0 Å². The molecule has 0 aliphatic carbocycles. The molecule has 2 aromatic heterocycles. The second kappa shape index (κ2) is 12.8. The monoisotopic (exact) mass is 549 g/mol. The fourth-order valence-electron chi connectivity index (χ4n) is 3.21. The number of rotatable bonds is 8. The first kappa shape index (κ1) is 24.5. The summed E-state index contributed by atoms with van der Waals surface area (Å²) >= 11 is 3.59. The number of aryl methyl sites for hydroxylation is 2. The van der Waals surface area contributed by atoms with Crippen LogP contribution in [0.5, 0.6) is 0 Å². The molecule has 0 bridgehead atoms. The molecule has 1 saturated heterocycles. The van der Waals surface area contributed by atoms with E-state index in [1.54, 1.807) is 11.3 Å². The molecule has 1 unspecified atom stereocenters. The standard InChI is InChI=1S/C20H31N5OS2.HI/c1-4-19-24-16(14-27-19)12-22-20(21-5-2)23-13-17(18-7-6-15(3)28-18)25-8-10-26-11-9-25;/h6-7,14,17H,4-5,8-13H2,1-3H3,(H2,21,22,23);1H. The van der Waals surface area contributed by atoms with Crippen molar-refractivity contribution in [3.63, 3.8) is 0 Å². The largest absolute Gasteiger partial charge is 0.379 e. The Balaban J connectivity index is 0.00000300. The Morgan fingerprint density at radius 2 is 2.07 bits per heavy atom. The summed E-state index contributed by atoms with van der Waals surface area (Å²) < 4.78 is 5.55. The fourth-order valence-corrected chi connectivity index (χ4v) is 4.96. The van der Waals surface area contributed by atoms with E-state index in [-0.39, 0.29) is 24.0 Å². The van der Waals surface area contributed by atoms with Crippen molar-refractivity contribution in [1.82, 2.24) is 20.5 Å².